The van der Waals surface area contributed by atoms with E-state index >= 15 is 0 Å². The number of aryl methyl sites for hydroxylation is 2. The minimum atomic E-state index is -0.343. The molecule has 1 aliphatic heterocycles. The van der Waals surface area contributed by atoms with E-state index in [2.05, 4.69) is 38.5 Å². The number of piperidine rings is 1. The molecule has 29 heavy (non-hydrogen) atoms. The van der Waals surface area contributed by atoms with Gasteiger partial charge < -0.3 is 5.32 Å². The van der Waals surface area contributed by atoms with Crippen molar-refractivity contribution in [3.63, 3.8) is 0 Å². The Morgan fingerprint density at radius 1 is 1.14 bits per heavy atom. The van der Waals surface area contributed by atoms with Gasteiger partial charge in [0.2, 0.25) is 0 Å². The molecule has 0 amide bonds. The summed E-state index contributed by atoms with van der Waals surface area (Å²) in [5.41, 5.74) is 3.43. The van der Waals surface area contributed by atoms with E-state index in [0.29, 0.717) is 34.2 Å². The van der Waals surface area contributed by atoms with Gasteiger partial charge in [0.1, 0.15) is 11.6 Å². The highest BCUT2D eigenvalue weighted by Gasteiger charge is 2.55. The first kappa shape index (κ1) is 18.5. The number of nitrogens with one attached hydrogen (secondary N) is 1. The molecule has 1 saturated carbocycles. The summed E-state index contributed by atoms with van der Waals surface area (Å²) in [6, 6.07) is 10.5. The number of benzene rings is 1. The highest BCUT2D eigenvalue weighted by molar-refractivity contribution is 6.33. The largest absolute Gasteiger partial charge is 0.365 e. The van der Waals surface area contributed by atoms with E-state index in [1.807, 2.05) is 23.9 Å². The number of halogens is 2. The minimum absolute atomic E-state index is 0.343. The molecule has 2 fully saturated rings. The van der Waals surface area contributed by atoms with Crippen molar-refractivity contribution in [1.29, 1.82) is 0 Å². The number of likely N-dealkylation sites (tertiary alicyclic amines) is 1. The molecular weight excluding hydrogens is 391 g/mol. The van der Waals surface area contributed by atoms with Crippen molar-refractivity contribution < 1.29 is 4.39 Å². The van der Waals surface area contributed by atoms with Crippen LogP contribution in [0.3, 0.4) is 0 Å². The van der Waals surface area contributed by atoms with Gasteiger partial charge in [0.15, 0.2) is 0 Å². The molecule has 6 nitrogen and oxygen atoms in total. The Morgan fingerprint density at radius 2 is 1.93 bits per heavy atom. The van der Waals surface area contributed by atoms with Gasteiger partial charge in [-0.25, -0.2) is 4.39 Å². The van der Waals surface area contributed by atoms with Crippen molar-refractivity contribution in [3.8, 4) is 11.3 Å². The first-order valence-electron chi connectivity index (χ1n) is 9.75. The molecule has 1 N–H and O–H groups in total. The Balaban J connectivity index is 1.18. The maximum Gasteiger partial charge on any atom is 0.148 e. The number of nitrogens with zero attached hydrogens (tertiary/aromatic N) is 5. The summed E-state index contributed by atoms with van der Waals surface area (Å²) in [6.45, 7) is 5.13. The number of anilines is 1. The lowest BCUT2D eigenvalue weighted by Crippen LogP contribution is -2.28. The van der Waals surface area contributed by atoms with E-state index in [1.54, 1.807) is 0 Å². The number of hydrogen-bond donors (Lipinski definition) is 1. The van der Waals surface area contributed by atoms with Gasteiger partial charge in [-0.3, -0.25) is 9.58 Å². The van der Waals surface area contributed by atoms with Crippen LogP contribution in [0.2, 0.25) is 5.02 Å². The lowest BCUT2D eigenvalue weighted by atomic mass is 10.1. The molecule has 8 heteroatoms. The monoisotopic (exact) mass is 412 g/mol. The highest BCUT2D eigenvalue weighted by atomic mass is 35.5. The third-order valence-electron chi connectivity index (χ3n) is 6.00. The number of hydrogen-bond acceptors (Lipinski definition) is 5. The first-order chi connectivity index (χ1) is 14.0. The predicted octanol–water partition coefficient (Wildman–Crippen LogP) is 3.52. The van der Waals surface area contributed by atoms with Crippen molar-refractivity contribution in [2.75, 3.05) is 18.4 Å². The molecule has 3 atom stereocenters. The van der Waals surface area contributed by atoms with Crippen molar-refractivity contribution in [2.45, 2.75) is 19.5 Å². The molecule has 1 aliphatic carbocycles. The van der Waals surface area contributed by atoms with Gasteiger partial charge in [-0.1, -0.05) is 11.6 Å². The zero-order valence-corrected chi connectivity index (χ0v) is 17.1. The zero-order valence-electron chi connectivity index (χ0n) is 16.3. The number of aromatic nitrogens is 4. The Bertz CT molecular complexity index is 1020. The van der Waals surface area contributed by atoms with Crippen LogP contribution in [0.1, 0.15) is 11.4 Å². The van der Waals surface area contributed by atoms with E-state index in [4.69, 9.17) is 11.6 Å². The van der Waals surface area contributed by atoms with Crippen LogP contribution in [0.25, 0.3) is 11.3 Å². The van der Waals surface area contributed by atoms with E-state index in [9.17, 15) is 4.39 Å². The quantitative estimate of drug-likeness (QED) is 0.694. The second-order valence-electron chi connectivity index (χ2n) is 8.02. The van der Waals surface area contributed by atoms with Crippen LogP contribution in [0.5, 0.6) is 0 Å². The molecule has 150 valence electrons. The van der Waals surface area contributed by atoms with E-state index in [1.165, 1.54) is 23.9 Å². The third kappa shape index (κ3) is 3.60. The molecule has 2 aromatic heterocycles. The maximum absolute atomic E-state index is 13.5. The summed E-state index contributed by atoms with van der Waals surface area (Å²) >= 11 is 6.15. The Morgan fingerprint density at radius 3 is 2.59 bits per heavy atom. The van der Waals surface area contributed by atoms with Crippen molar-refractivity contribution in [2.24, 2.45) is 18.9 Å². The van der Waals surface area contributed by atoms with Gasteiger partial charge in [0.25, 0.3) is 0 Å². The topological polar surface area (TPSA) is 58.9 Å². The Labute approximate surface area is 173 Å². The second kappa shape index (κ2) is 7.07. The van der Waals surface area contributed by atoms with Crippen LogP contribution >= 0.6 is 11.6 Å². The smallest absolute Gasteiger partial charge is 0.148 e. The van der Waals surface area contributed by atoms with Crippen LogP contribution in [-0.2, 0) is 13.6 Å². The van der Waals surface area contributed by atoms with Crippen LogP contribution in [-0.4, -0.2) is 44.0 Å². The molecule has 1 aromatic carbocycles. The molecule has 0 bridgehead atoms. The van der Waals surface area contributed by atoms with Crippen LogP contribution in [0, 0.1) is 24.6 Å². The Kier molecular flexibility index (Phi) is 4.52. The summed E-state index contributed by atoms with van der Waals surface area (Å²) in [6.07, 6.45) is 0. The summed E-state index contributed by atoms with van der Waals surface area (Å²) in [4.78, 5) is 2.47. The van der Waals surface area contributed by atoms with Gasteiger partial charge in [0, 0.05) is 44.0 Å². The predicted molar refractivity (Wildman–Crippen MR) is 110 cm³/mol. The summed E-state index contributed by atoms with van der Waals surface area (Å²) in [7, 11) is 1.98. The molecule has 0 spiro atoms. The van der Waals surface area contributed by atoms with Gasteiger partial charge >= 0.3 is 0 Å². The number of fused-ring (bicyclic) bond motifs is 1. The maximum atomic E-state index is 13.5. The van der Waals surface area contributed by atoms with E-state index < -0.39 is 0 Å². The molecule has 5 rings (SSSR count). The lowest BCUT2D eigenvalue weighted by molar-refractivity contribution is 0.288. The van der Waals surface area contributed by atoms with Crippen molar-refractivity contribution in [3.05, 3.63) is 58.6 Å². The van der Waals surface area contributed by atoms with Crippen molar-refractivity contribution in [1.82, 2.24) is 24.9 Å². The van der Waals surface area contributed by atoms with Crippen molar-refractivity contribution >= 4 is 17.4 Å². The van der Waals surface area contributed by atoms with Crippen LogP contribution in [0.15, 0.2) is 36.4 Å². The summed E-state index contributed by atoms with van der Waals surface area (Å²) in [5, 5.41) is 17.0. The van der Waals surface area contributed by atoms with E-state index in [0.717, 1.165) is 31.1 Å². The van der Waals surface area contributed by atoms with Gasteiger partial charge in [0.05, 0.1) is 16.4 Å². The molecule has 2 aliphatic rings. The molecule has 3 heterocycles. The minimum Gasteiger partial charge on any atom is -0.365 e. The Hall–Kier alpha value is -2.51. The molecule has 3 aromatic rings. The zero-order chi connectivity index (χ0) is 20.1. The normalized spacial score (nSPS) is 23.2. The molecule has 1 saturated heterocycles. The SMILES string of the molecule is Cc1cc(CN2C[C@@H]3[C@H](C2)[C@H]3Nc2ccc(-c3cc(F)ccc3Cl)nn2)nn1C. The van der Waals surface area contributed by atoms with Gasteiger partial charge in [-0.2, -0.15) is 5.10 Å². The van der Waals surface area contributed by atoms with E-state index in [-0.39, 0.29) is 5.82 Å². The molecule has 0 radical (unpaired) electrons. The fourth-order valence-corrected chi connectivity index (χ4v) is 4.53. The lowest BCUT2D eigenvalue weighted by Gasteiger charge is -2.18. The molecule has 0 unspecified atom stereocenters. The summed E-state index contributed by atoms with van der Waals surface area (Å²) < 4.78 is 15.4. The van der Waals surface area contributed by atoms with Crippen LogP contribution in [0.4, 0.5) is 10.2 Å². The second-order valence-corrected chi connectivity index (χ2v) is 8.43. The third-order valence-corrected chi connectivity index (χ3v) is 6.33. The summed E-state index contributed by atoms with van der Waals surface area (Å²) in [5.74, 6) is 1.68. The first-order valence-corrected chi connectivity index (χ1v) is 10.1. The average Bonchev–Trinajstić information content (AvgIpc) is 3.00. The van der Waals surface area contributed by atoms with Gasteiger partial charge in [-0.05, 0) is 55.2 Å². The van der Waals surface area contributed by atoms with Crippen LogP contribution < -0.4 is 5.32 Å². The fraction of sp³-hybridized carbons (Fsp3) is 0.381. The fourth-order valence-electron chi connectivity index (χ4n) is 4.32. The average molecular weight is 413 g/mol. The number of rotatable bonds is 5. The molecular formula is C21H22ClFN6. The standard InChI is InChI=1S/C21H22ClFN6/c1-12-7-14(27-28(12)2)9-29-10-16-17(11-29)21(16)24-20-6-5-19(25-26-20)15-8-13(23)3-4-18(15)22/h3-8,16-17,21H,9-11H2,1-2H3,(H,24,26)/t16-,17+,21+. The van der Waals surface area contributed by atoms with Gasteiger partial charge in [-0.15, -0.1) is 10.2 Å². The highest BCUT2D eigenvalue weighted by Crippen LogP contribution is 2.47.